The van der Waals surface area contributed by atoms with Crippen LogP contribution in [0.1, 0.15) is 66.9 Å². The van der Waals surface area contributed by atoms with Crippen molar-refractivity contribution in [2.75, 3.05) is 26.2 Å². The summed E-state index contributed by atoms with van der Waals surface area (Å²) in [5.41, 5.74) is 1.27. The third kappa shape index (κ3) is 6.05. The van der Waals surface area contributed by atoms with E-state index in [1.807, 2.05) is 23.1 Å². The van der Waals surface area contributed by atoms with Crippen LogP contribution < -0.4 is 5.32 Å². The molecule has 216 valence electrons. The number of rotatable bonds is 6. The first kappa shape index (κ1) is 27.6. The molecule has 1 unspecified atom stereocenters. The lowest BCUT2D eigenvalue weighted by molar-refractivity contribution is -0.137. The van der Waals surface area contributed by atoms with Crippen LogP contribution in [-0.4, -0.2) is 65.0 Å². The maximum Gasteiger partial charge on any atom is 0.273 e. The van der Waals surface area contributed by atoms with Gasteiger partial charge in [-0.25, -0.2) is 8.78 Å². The van der Waals surface area contributed by atoms with Crippen LogP contribution in [0.2, 0.25) is 0 Å². The Kier molecular flexibility index (Phi) is 8.14. The van der Waals surface area contributed by atoms with Crippen LogP contribution in [0.5, 0.6) is 0 Å². The molecule has 2 aliphatic heterocycles. The summed E-state index contributed by atoms with van der Waals surface area (Å²) in [4.78, 5) is 31.7. The number of carbonyl (C=O) groups is 2. The highest BCUT2D eigenvalue weighted by Gasteiger charge is 2.41. The van der Waals surface area contributed by atoms with Crippen LogP contribution in [0.15, 0.2) is 59.1 Å². The van der Waals surface area contributed by atoms with E-state index in [9.17, 15) is 18.4 Å². The molecular formula is C32H36F2N4O3. The lowest BCUT2D eigenvalue weighted by Gasteiger charge is -2.43. The molecule has 6 rings (SSSR count). The number of nitrogens with one attached hydrogen (secondary N) is 1. The molecule has 9 heteroatoms. The summed E-state index contributed by atoms with van der Waals surface area (Å²) in [6.07, 6.45) is 7.58. The molecule has 0 bridgehead atoms. The predicted molar refractivity (Wildman–Crippen MR) is 150 cm³/mol. The second-order valence-corrected chi connectivity index (χ2v) is 11.6. The first-order chi connectivity index (χ1) is 20.0. The Morgan fingerprint density at radius 2 is 1.71 bits per heavy atom. The summed E-state index contributed by atoms with van der Waals surface area (Å²) >= 11 is 0. The minimum Gasteiger partial charge on any atom is -0.355 e. The average Bonchev–Trinajstić information content (AvgIpc) is 3.69. The first-order valence-electron chi connectivity index (χ1n) is 14.8. The van der Waals surface area contributed by atoms with Crippen molar-refractivity contribution in [2.45, 2.75) is 62.9 Å². The lowest BCUT2D eigenvalue weighted by atomic mass is 9.86. The fourth-order valence-electron chi connectivity index (χ4n) is 6.81. The molecule has 2 aromatic carbocycles. The summed E-state index contributed by atoms with van der Waals surface area (Å²) in [5.74, 6) is -1.91. The van der Waals surface area contributed by atoms with E-state index in [1.54, 1.807) is 0 Å². The Bertz CT molecular complexity index is 1370. The molecule has 2 amide bonds. The van der Waals surface area contributed by atoms with Crippen LogP contribution in [0.3, 0.4) is 0 Å². The van der Waals surface area contributed by atoms with Crippen LogP contribution in [-0.2, 0) is 4.79 Å². The van der Waals surface area contributed by atoms with E-state index >= 15 is 0 Å². The molecular weight excluding hydrogens is 526 g/mol. The van der Waals surface area contributed by atoms with Gasteiger partial charge in [0.15, 0.2) is 11.5 Å². The van der Waals surface area contributed by atoms with Crippen LogP contribution >= 0.6 is 0 Å². The molecule has 7 nitrogen and oxygen atoms in total. The van der Waals surface area contributed by atoms with Crippen molar-refractivity contribution in [3.8, 4) is 11.3 Å². The molecule has 1 aromatic heterocycles. The highest BCUT2D eigenvalue weighted by Crippen LogP contribution is 2.32. The molecule has 1 aliphatic carbocycles. The first-order valence-corrected chi connectivity index (χ1v) is 14.8. The molecule has 1 saturated carbocycles. The molecule has 3 heterocycles. The molecule has 0 radical (unpaired) electrons. The smallest absolute Gasteiger partial charge is 0.273 e. The van der Waals surface area contributed by atoms with Gasteiger partial charge in [-0.3, -0.25) is 14.5 Å². The molecule has 1 N–H and O–H groups in total. The van der Waals surface area contributed by atoms with Gasteiger partial charge in [-0.2, -0.15) is 0 Å². The largest absolute Gasteiger partial charge is 0.355 e. The monoisotopic (exact) mass is 562 g/mol. The van der Waals surface area contributed by atoms with E-state index < -0.39 is 17.5 Å². The van der Waals surface area contributed by atoms with Gasteiger partial charge < -0.3 is 14.7 Å². The van der Waals surface area contributed by atoms with E-state index in [4.69, 9.17) is 4.52 Å². The summed E-state index contributed by atoms with van der Waals surface area (Å²) in [6, 6.07) is 14.9. The van der Waals surface area contributed by atoms with Gasteiger partial charge in [-0.05, 0) is 43.4 Å². The van der Waals surface area contributed by atoms with Crippen LogP contribution in [0.25, 0.3) is 11.3 Å². The van der Waals surface area contributed by atoms with Crippen molar-refractivity contribution < 1.29 is 22.9 Å². The third-order valence-corrected chi connectivity index (χ3v) is 9.08. The number of aromatic nitrogens is 1. The highest BCUT2D eigenvalue weighted by atomic mass is 19.1. The Balaban J connectivity index is 1.18. The van der Waals surface area contributed by atoms with Crippen LogP contribution in [0.4, 0.5) is 8.78 Å². The van der Waals surface area contributed by atoms with Crippen molar-refractivity contribution in [3.05, 3.63) is 77.5 Å². The van der Waals surface area contributed by atoms with E-state index in [1.165, 1.54) is 37.0 Å². The maximum absolute atomic E-state index is 14.3. The van der Waals surface area contributed by atoms with Gasteiger partial charge in [0.05, 0.1) is 11.5 Å². The Hall–Kier alpha value is -3.59. The Morgan fingerprint density at radius 1 is 0.902 bits per heavy atom. The minimum absolute atomic E-state index is 0.00468. The third-order valence-electron chi connectivity index (χ3n) is 9.08. The number of nitrogens with zero attached hydrogens (tertiary/aromatic N) is 3. The Labute approximate surface area is 238 Å². The number of piperidine rings is 1. The molecule has 3 atom stereocenters. The summed E-state index contributed by atoms with van der Waals surface area (Å²) in [7, 11) is 0. The number of benzene rings is 2. The SMILES string of the molecule is O=C(N[C@@H]1CCN(C2CCCCC2)C[C@H]1C(=O)N1CCC(c2ccccc2)C1)c1cc(-c2ccc(F)cc2F)on1. The van der Waals surface area contributed by atoms with Gasteiger partial charge in [0.25, 0.3) is 5.91 Å². The molecule has 2 saturated heterocycles. The molecule has 3 fully saturated rings. The van der Waals surface area contributed by atoms with Gasteiger partial charge in [0.2, 0.25) is 5.91 Å². The summed E-state index contributed by atoms with van der Waals surface area (Å²) in [6.45, 7) is 2.82. The van der Waals surface area contributed by atoms with Crippen molar-refractivity contribution in [1.82, 2.24) is 20.3 Å². The summed E-state index contributed by atoms with van der Waals surface area (Å²) in [5, 5.41) is 6.90. The number of hydrogen-bond donors (Lipinski definition) is 1. The van der Waals surface area contributed by atoms with Crippen molar-refractivity contribution in [2.24, 2.45) is 5.92 Å². The number of likely N-dealkylation sites (tertiary alicyclic amines) is 2. The normalized spacial score (nSPS) is 24.0. The zero-order valence-corrected chi connectivity index (χ0v) is 23.1. The second-order valence-electron chi connectivity index (χ2n) is 11.6. The minimum atomic E-state index is -0.798. The van der Waals surface area contributed by atoms with Crippen molar-refractivity contribution >= 4 is 11.8 Å². The lowest BCUT2D eigenvalue weighted by Crippen LogP contribution is -2.58. The number of carbonyl (C=O) groups excluding carboxylic acids is 2. The fraction of sp³-hybridized carbons (Fsp3) is 0.469. The standard InChI is InChI=1S/C32H36F2N4O3/c33-23-11-12-25(27(34)17-23)30-18-29(36-41-30)31(39)35-28-14-16-37(24-9-5-2-6-10-24)20-26(28)32(40)38-15-13-22(19-38)21-7-3-1-4-8-21/h1,3-4,7-8,11-12,17-18,22,24,26,28H,2,5-6,9-10,13-16,19-20H2,(H,35,39)/t22?,26-,28-/m1/s1. The zero-order chi connectivity index (χ0) is 28.3. The van der Waals surface area contributed by atoms with Gasteiger partial charge in [-0.1, -0.05) is 54.8 Å². The van der Waals surface area contributed by atoms with E-state index in [0.717, 1.165) is 37.9 Å². The quantitative estimate of drug-likeness (QED) is 0.436. The van der Waals surface area contributed by atoms with Crippen molar-refractivity contribution in [1.29, 1.82) is 0 Å². The zero-order valence-electron chi connectivity index (χ0n) is 23.1. The van der Waals surface area contributed by atoms with E-state index in [2.05, 4.69) is 27.5 Å². The number of hydrogen-bond acceptors (Lipinski definition) is 5. The van der Waals surface area contributed by atoms with Crippen molar-refractivity contribution in [3.63, 3.8) is 0 Å². The fourth-order valence-corrected chi connectivity index (χ4v) is 6.81. The molecule has 3 aromatic rings. The Morgan fingerprint density at radius 3 is 2.49 bits per heavy atom. The van der Waals surface area contributed by atoms with Gasteiger partial charge in [-0.15, -0.1) is 0 Å². The average molecular weight is 563 g/mol. The predicted octanol–water partition coefficient (Wildman–Crippen LogP) is 5.39. The highest BCUT2D eigenvalue weighted by molar-refractivity contribution is 5.94. The molecule has 41 heavy (non-hydrogen) atoms. The van der Waals surface area contributed by atoms with Gasteiger partial charge in [0, 0.05) is 56.3 Å². The summed E-state index contributed by atoms with van der Waals surface area (Å²) < 4.78 is 32.8. The van der Waals surface area contributed by atoms with Crippen LogP contribution in [0, 0.1) is 17.6 Å². The number of amides is 2. The second kappa shape index (κ2) is 12.1. The maximum atomic E-state index is 14.3. The number of halogens is 2. The molecule has 0 spiro atoms. The topological polar surface area (TPSA) is 78.7 Å². The molecule has 3 aliphatic rings. The van der Waals surface area contributed by atoms with Gasteiger partial charge >= 0.3 is 0 Å². The van der Waals surface area contributed by atoms with E-state index in [-0.39, 0.29) is 34.9 Å². The van der Waals surface area contributed by atoms with E-state index in [0.29, 0.717) is 38.0 Å². The van der Waals surface area contributed by atoms with Gasteiger partial charge in [0.1, 0.15) is 11.6 Å².